The van der Waals surface area contributed by atoms with Gasteiger partial charge < -0.3 is 14.8 Å². The summed E-state index contributed by atoms with van der Waals surface area (Å²) in [7, 11) is 0. The van der Waals surface area contributed by atoms with Crippen LogP contribution in [-0.2, 0) is 17.9 Å². The monoisotopic (exact) mass is 379 g/mol. The normalized spacial score (nSPS) is 10.9. The van der Waals surface area contributed by atoms with Gasteiger partial charge in [0, 0.05) is 25.3 Å². The minimum Gasteiger partial charge on any atom is -0.489 e. The van der Waals surface area contributed by atoms with Crippen molar-refractivity contribution in [3.63, 3.8) is 0 Å². The van der Waals surface area contributed by atoms with Gasteiger partial charge in [-0.15, -0.1) is 0 Å². The molecular weight excluding hydrogens is 353 g/mol. The summed E-state index contributed by atoms with van der Waals surface area (Å²) < 4.78 is 24.3. The third-order valence-electron chi connectivity index (χ3n) is 3.95. The standard InChI is InChI=1S/C21H27ClFNO2/c1-2-3-12-25-13-4-11-24-15-17-5-9-20(10-6-17)26-16-18-7-8-19(23)14-21(18)22/h5-10,14,24H,2-4,11-13,15-16H2,1H3. The lowest BCUT2D eigenvalue weighted by molar-refractivity contribution is 0.129. The summed E-state index contributed by atoms with van der Waals surface area (Å²) in [5.41, 5.74) is 1.96. The quantitative estimate of drug-likeness (QED) is 0.504. The van der Waals surface area contributed by atoms with Crippen molar-refractivity contribution in [2.45, 2.75) is 39.3 Å². The Morgan fingerprint density at radius 1 is 1.04 bits per heavy atom. The van der Waals surface area contributed by atoms with Crippen LogP contribution in [0.3, 0.4) is 0 Å². The molecule has 0 radical (unpaired) electrons. The smallest absolute Gasteiger partial charge is 0.124 e. The van der Waals surface area contributed by atoms with Crippen molar-refractivity contribution in [1.29, 1.82) is 0 Å². The number of hydrogen-bond donors (Lipinski definition) is 1. The molecule has 0 amide bonds. The number of rotatable bonds is 12. The molecule has 1 N–H and O–H groups in total. The van der Waals surface area contributed by atoms with E-state index < -0.39 is 0 Å². The van der Waals surface area contributed by atoms with Crippen LogP contribution in [0.15, 0.2) is 42.5 Å². The molecule has 142 valence electrons. The van der Waals surface area contributed by atoms with E-state index in [4.69, 9.17) is 21.1 Å². The summed E-state index contributed by atoms with van der Waals surface area (Å²) in [5, 5.41) is 3.79. The fourth-order valence-corrected chi connectivity index (χ4v) is 2.61. The Kier molecular flexibility index (Phi) is 9.46. The molecule has 0 unspecified atom stereocenters. The summed E-state index contributed by atoms with van der Waals surface area (Å²) >= 11 is 6.00. The zero-order valence-corrected chi connectivity index (χ0v) is 16.0. The van der Waals surface area contributed by atoms with E-state index in [0.29, 0.717) is 11.6 Å². The lowest BCUT2D eigenvalue weighted by Gasteiger charge is -2.09. The molecule has 2 rings (SSSR count). The lowest BCUT2D eigenvalue weighted by atomic mass is 10.2. The molecular formula is C21H27ClFNO2. The molecule has 0 aromatic heterocycles. The van der Waals surface area contributed by atoms with Crippen molar-refractivity contribution in [3.05, 3.63) is 64.4 Å². The summed E-state index contributed by atoms with van der Waals surface area (Å²) in [5.74, 6) is 0.418. The third-order valence-corrected chi connectivity index (χ3v) is 4.30. The first-order chi connectivity index (χ1) is 12.7. The topological polar surface area (TPSA) is 30.5 Å². The van der Waals surface area contributed by atoms with E-state index in [9.17, 15) is 4.39 Å². The molecule has 0 aliphatic heterocycles. The fourth-order valence-electron chi connectivity index (χ4n) is 2.38. The highest BCUT2D eigenvalue weighted by atomic mass is 35.5. The highest BCUT2D eigenvalue weighted by molar-refractivity contribution is 6.31. The van der Waals surface area contributed by atoms with Gasteiger partial charge in [-0.3, -0.25) is 0 Å². The number of ether oxygens (including phenoxy) is 2. The Morgan fingerprint density at radius 3 is 2.54 bits per heavy atom. The SMILES string of the molecule is CCCCOCCCNCc1ccc(OCc2ccc(F)cc2Cl)cc1. The van der Waals surface area contributed by atoms with Gasteiger partial charge in [0.15, 0.2) is 0 Å². The maximum atomic E-state index is 13.0. The van der Waals surface area contributed by atoms with Gasteiger partial charge in [0.25, 0.3) is 0 Å². The first-order valence-corrected chi connectivity index (χ1v) is 9.51. The predicted octanol–water partition coefficient (Wildman–Crippen LogP) is 5.35. The molecule has 3 nitrogen and oxygen atoms in total. The fraction of sp³-hybridized carbons (Fsp3) is 0.429. The second kappa shape index (κ2) is 11.9. The summed E-state index contributed by atoms with van der Waals surface area (Å²) in [4.78, 5) is 0. The van der Waals surface area contributed by atoms with Gasteiger partial charge in [-0.2, -0.15) is 0 Å². The molecule has 2 aromatic rings. The van der Waals surface area contributed by atoms with Crippen molar-refractivity contribution < 1.29 is 13.9 Å². The molecule has 0 aliphatic rings. The molecule has 0 atom stereocenters. The Hall–Kier alpha value is -1.62. The van der Waals surface area contributed by atoms with Crippen molar-refractivity contribution in [1.82, 2.24) is 5.32 Å². The molecule has 0 spiro atoms. The summed E-state index contributed by atoms with van der Waals surface area (Å²) in [6, 6.07) is 12.3. The zero-order chi connectivity index (χ0) is 18.6. The lowest BCUT2D eigenvalue weighted by Crippen LogP contribution is -2.16. The Bertz CT molecular complexity index is 649. The van der Waals surface area contributed by atoms with Gasteiger partial charge in [-0.25, -0.2) is 4.39 Å². The van der Waals surface area contributed by atoms with E-state index in [1.807, 2.05) is 24.3 Å². The molecule has 2 aromatic carbocycles. The number of nitrogens with one attached hydrogen (secondary N) is 1. The molecule has 0 aliphatic carbocycles. The molecule has 0 saturated heterocycles. The molecule has 0 fully saturated rings. The highest BCUT2D eigenvalue weighted by Gasteiger charge is 2.03. The maximum Gasteiger partial charge on any atom is 0.124 e. The van der Waals surface area contributed by atoms with Gasteiger partial charge in [-0.1, -0.05) is 43.1 Å². The van der Waals surface area contributed by atoms with E-state index in [1.54, 1.807) is 6.07 Å². The Balaban J connectivity index is 1.64. The Labute approximate surface area is 160 Å². The third kappa shape index (κ3) is 7.73. The summed E-state index contributed by atoms with van der Waals surface area (Å²) in [6.45, 7) is 5.91. The van der Waals surface area contributed by atoms with Crippen LogP contribution in [0.4, 0.5) is 4.39 Å². The average molecular weight is 380 g/mol. The van der Waals surface area contributed by atoms with Crippen LogP contribution in [0.25, 0.3) is 0 Å². The number of halogens is 2. The van der Waals surface area contributed by atoms with Crippen molar-refractivity contribution in [2.75, 3.05) is 19.8 Å². The van der Waals surface area contributed by atoms with E-state index in [-0.39, 0.29) is 5.82 Å². The number of benzene rings is 2. The second-order valence-corrected chi connectivity index (χ2v) is 6.57. The van der Waals surface area contributed by atoms with Gasteiger partial charge >= 0.3 is 0 Å². The molecule has 0 bridgehead atoms. The number of hydrogen-bond acceptors (Lipinski definition) is 3. The molecule has 5 heteroatoms. The van der Waals surface area contributed by atoms with Crippen LogP contribution >= 0.6 is 11.6 Å². The maximum absolute atomic E-state index is 13.0. The van der Waals surface area contributed by atoms with Crippen LogP contribution in [0, 0.1) is 5.82 Å². The van der Waals surface area contributed by atoms with Crippen LogP contribution in [0.5, 0.6) is 5.75 Å². The molecule has 0 heterocycles. The Morgan fingerprint density at radius 2 is 1.81 bits per heavy atom. The van der Waals surface area contributed by atoms with Crippen LogP contribution in [0.1, 0.15) is 37.3 Å². The van der Waals surface area contributed by atoms with Crippen molar-refractivity contribution in [3.8, 4) is 5.75 Å². The predicted molar refractivity (Wildman–Crippen MR) is 104 cm³/mol. The van der Waals surface area contributed by atoms with E-state index in [1.165, 1.54) is 24.1 Å². The zero-order valence-electron chi connectivity index (χ0n) is 15.3. The van der Waals surface area contributed by atoms with E-state index in [2.05, 4.69) is 12.2 Å². The van der Waals surface area contributed by atoms with Crippen molar-refractivity contribution in [2.24, 2.45) is 0 Å². The van der Waals surface area contributed by atoms with Crippen LogP contribution in [-0.4, -0.2) is 19.8 Å². The van der Waals surface area contributed by atoms with E-state index in [0.717, 1.165) is 50.5 Å². The van der Waals surface area contributed by atoms with Crippen LogP contribution < -0.4 is 10.1 Å². The van der Waals surface area contributed by atoms with Crippen molar-refractivity contribution >= 4 is 11.6 Å². The van der Waals surface area contributed by atoms with Gasteiger partial charge in [0.1, 0.15) is 18.2 Å². The van der Waals surface area contributed by atoms with Gasteiger partial charge in [0.2, 0.25) is 0 Å². The summed E-state index contributed by atoms with van der Waals surface area (Å²) in [6.07, 6.45) is 3.33. The van der Waals surface area contributed by atoms with Gasteiger partial charge in [0.05, 0.1) is 5.02 Å². The van der Waals surface area contributed by atoms with E-state index >= 15 is 0 Å². The van der Waals surface area contributed by atoms with Crippen LogP contribution in [0.2, 0.25) is 5.02 Å². The number of unbranched alkanes of at least 4 members (excludes halogenated alkanes) is 1. The first-order valence-electron chi connectivity index (χ1n) is 9.13. The molecule has 26 heavy (non-hydrogen) atoms. The average Bonchev–Trinajstić information content (AvgIpc) is 2.64. The second-order valence-electron chi connectivity index (χ2n) is 6.16. The highest BCUT2D eigenvalue weighted by Crippen LogP contribution is 2.20. The first kappa shape index (κ1) is 20.7. The molecule has 0 saturated carbocycles. The minimum atomic E-state index is -0.344. The minimum absolute atomic E-state index is 0.314. The largest absolute Gasteiger partial charge is 0.489 e. The van der Waals surface area contributed by atoms with Gasteiger partial charge in [-0.05, 0) is 49.2 Å².